The molecule has 0 aliphatic heterocycles. The van der Waals surface area contributed by atoms with E-state index in [2.05, 4.69) is 6.58 Å². The van der Waals surface area contributed by atoms with Gasteiger partial charge < -0.3 is 10.5 Å². The molecule has 0 saturated heterocycles. The van der Waals surface area contributed by atoms with Crippen molar-refractivity contribution in [3.63, 3.8) is 0 Å². The number of nitrogens with two attached hydrogens (primary N) is 2. The predicted molar refractivity (Wildman–Crippen MR) is 42.6 cm³/mol. The van der Waals surface area contributed by atoms with Gasteiger partial charge in [-0.25, -0.2) is 4.79 Å². The van der Waals surface area contributed by atoms with E-state index in [0.29, 0.717) is 18.5 Å². The van der Waals surface area contributed by atoms with Crippen LogP contribution in [0.1, 0.15) is 13.3 Å². The zero-order chi connectivity index (χ0) is 8.85. The quantitative estimate of drug-likeness (QED) is 0.335. The van der Waals surface area contributed by atoms with E-state index in [1.165, 1.54) is 0 Å². The molecule has 1 unspecified atom stereocenters. The summed E-state index contributed by atoms with van der Waals surface area (Å²) in [5.41, 5.74) is 10.9. The average molecular weight is 158 g/mol. The van der Waals surface area contributed by atoms with E-state index in [0.717, 1.165) is 0 Å². The lowest BCUT2D eigenvalue weighted by molar-refractivity contribution is -0.144. The predicted octanol–water partition coefficient (Wildman–Crippen LogP) is -0.261. The Morgan fingerprint density at radius 3 is 2.64 bits per heavy atom. The molecular weight excluding hydrogens is 144 g/mol. The van der Waals surface area contributed by atoms with E-state index in [1.807, 2.05) is 0 Å². The number of rotatable bonds is 4. The lowest BCUT2D eigenvalue weighted by atomic mass is 10.3. The molecule has 0 radical (unpaired) electrons. The van der Waals surface area contributed by atoms with Gasteiger partial charge >= 0.3 is 5.97 Å². The fourth-order valence-electron chi connectivity index (χ4n) is 0.461. The van der Waals surface area contributed by atoms with Gasteiger partial charge in [0.1, 0.15) is 0 Å². The molecule has 0 aromatic carbocycles. The van der Waals surface area contributed by atoms with Gasteiger partial charge in [-0.3, -0.25) is 5.73 Å². The summed E-state index contributed by atoms with van der Waals surface area (Å²) in [7, 11) is 0. The molecule has 0 heterocycles. The Bertz CT molecular complexity index is 157. The Hall–Kier alpha value is -0.870. The lowest BCUT2D eigenvalue weighted by Gasteiger charge is -2.10. The van der Waals surface area contributed by atoms with Crippen molar-refractivity contribution in [2.45, 2.75) is 19.6 Å². The molecule has 0 aromatic rings. The largest absolute Gasteiger partial charge is 0.443 e. The molecule has 1 atom stereocenters. The van der Waals surface area contributed by atoms with Crippen LogP contribution in [0.2, 0.25) is 0 Å². The smallest absolute Gasteiger partial charge is 0.334 e. The third kappa shape index (κ3) is 4.52. The molecular formula is C7H14N2O2. The summed E-state index contributed by atoms with van der Waals surface area (Å²) in [4.78, 5) is 10.8. The third-order valence-corrected chi connectivity index (χ3v) is 1.06. The summed E-state index contributed by atoms with van der Waals surface area (Å²) in [6.45, 7) is 5.38. The van der Waals surface area contributed by atoms with Gasteiger partial charge in [-0.05, 0) is 13.5 Å². The zero-order valence-corrected chi connectivity index (χ0v) is 6.67. The normalized spacial score (nSPS) is 12.3. The fraction of sp³-hybridized carbons (Fsp3) is 0.571. The Morgan fingerprint density at radius 2 is 2.27 bits per heavy atom. The van der Waals surface area contributed by atoms with Crippen LogP contribution in [0.5, 0.6) is 0 Å². The number of hydrogen-bond donors (Lipinski definition) is 2. The summed E-state index contributed by atoms with van der Waals surface area (Å²) < 4.78 is 4.71. The maximum atomic E-state index is 10.8. The molecule has 4 nitrogen and oxygen atoms in total. The summed E-state index contributed by atoms with van der Waals surface area (Å²) in [6.07, 6.45) is -0.136. The van der Waals surface area contributed by atoms with Crippen molar-refractivity contribution >= 4 is 5.97 Å². The maximum Gasteiger partial charge on any atom is 0.334 e. The summed E-state index contributed by atoms with van der Waals surface area (Å²) in [5.74, 6) is -0.467. The SMILES string of the molecule is C=C(C)C(=O)OC(N)CCN. The van der Waals surface area contributed by atoms with Crippen LogP contribution in [0, 0.1) is 0 Å². The first kappa shape index (κ1) is 10.1. The van der Waals surface area contributed by atoms with Crippen LogP contribution in [-0.2, 0) is 9.53 Å². The van der Waals surface area contributed by atoms with Gasteiger partial charge in [-0.1, -0.05) is 6.58 Å². The van der Waals surface area contributed by atoms with E-state index < -0.39 is 12.2 Å². The number of carbonyl (C=O) groups is 1. The average Bonchev–Trinajstić information content (AvgIpc) is 1.87. The molecule has 0 rings (SSSR count). The highest BCUT2D eigenvalue weighted by atomic mass is 16.6. The summed E-state index contributed by atoms with van der Waals surface area (Å²) >= 11 is 0. The van der Waals surface area contributed by atoms with Gasteiger partial charge in [-0.15, -0.1) is 0 Å². The molecule has 0 amide bonds. The topological polar surface area (TPSA) is 78.3 Å². The third-order valence-electron chi connectivity index (χ3n) is 1.06. The van der Waals surface area contributed by atoms with Gasteiger partial charge in [0.25, 0.3) is 0 Å². The second kappa shape index (κ2) is 4.87. The molecule has 11 heavy (non-hydrogen) atoms. The van der Waals surface area contributed by atoms with Crippen LogP contribution < -0.4 is 11.5 Å². The summed E-state index contributed by atoms with van der Waals surface area (Å²) in [6, 6.07) is 0. The maximum absolute atomic E-state index is 10.8. The Morgan fingerprint density at radius 1 is 1.73 bits per heavy atom. The van der Waals surface area contributed by atoms with Crippen molar-refractivity contribution in [2.75, 3.05) is 6.54 Å². The minimum atomic E-state index is -0.607. The fourth-order valence-corrected chi connectivity index (χ4v) is 0.461. The van der Waals surface area contributed by atoms with Gasteiger partial charge in [-0.2, -0.15) is 0 Å². The van der Waals surface area contributed by atoms with Crippen LogP contribution in [0.15, 0.2) is 12.2 Å². The lowest BCUT2D eigenvalue weighted by Crippen LogP contribution is -2.29. The second-order valence-corrected chi connectivity index (χ2v) is 2.30. The first-order valence-electron chi connectivity index (χ1n) is 3.40. The minimum Gasteiger partial charge on any atom is -0.443 e. The molecule has 4 N–H and O–H groups in total. The minimum absolute atomic E-state index is 0.345. The molecule has 4 heteroatoms. The van der Waals surface area contributed by atoms with Crippen LogP contribution in [-0.4, -0.2) is 18.7 Å². The van der Waals surface area contributed by atoms with Crippen molar-refractivity contribution in [2.24, 2.45) is 11.5 Å². The van der Waals surface area contributed by atoms with Crippen molar-refractivity contribution < 1.29 is 9.53 Å². The number of carbonyl (C=O) groups excluding carboxylic acids is 1. The number of ether oxygens (including phenoxy) is 1. The van der Waals surface area contributed by atoms with Crippen molar-refractivity contribution in [3.05, 3.63) is 12.2 Å². The molecule has 64 valence electrons. The highest BCUT2D eigenvalue weighted by Gasteiger charge is 2.08. The Kier molecular flexibility index (Phi) is 4.49. The van der Waals surface area contributed by atoms with E-state index in [1.54, 1.807) is 6.92 Å². The van der Waals surface area contributed by atoms with Gasteiger partial charge in [0.05, 0.1) is 0 Å². The molecule has 0 aliphatic carbocycles. The highest BCUT2D eigenvalue weighted by Crippen LogP contribution is 1.96. The zero-order valence-electron chi connectivity index (χ0n) is 6.67. The van der Waals surface area contributed by atoms with Crippen molar-refractivity contribution in [1.82, 2.24) is 0 Å². The molecule has 0 fully saturated rings. The molecule has 0 aliphatic rings. The van der Waals surface area contributed by atoms with Gasteiger partial charge in [0.2, 0.25) is 0 Å². The van der Waals surface area contributed by atoms with E-state index in [-0.39, 0.29) is 0 Å². The van der Waals surface area contributed by atoms with E-state index in [4.69, 9.17) is 16.2 Å². The molecule has 0 spiro atoms. The highest BCUT2D eigenvalue weighted by molar-refractivity contribution is 5.87. The number of hydrogen-bond acceptors (Lipinski definition) is 4. The van der Waals surface area contributed by atoms with Gasteiger partial charge in [0.15, 0.2) is 6.23 Å². The Balaban J connectivity index is 3.66. The molecule has 0 saturated carbocycles. The van der Waals surface area contributed by atoms with Crippen LogP contribution in [0.4, 0.5) is 0 Å². The standard InChI is InChI=1S/C7H14N2O2/c1-5(2)7(10)11-6(9)3-4-8/h6H,1,3-4,8-9H2,2H3. The first-order valence-corrected chi connectivity index (χ1v) is 3.40. The molecule has 0 aromatic heterocycles. The molecule has 0 bridgehead atoms. The second-order valence-electron chi connectivity index (χ2n) is 2.30. The monoisotopic (exact) mass is 158 g/mol. The first-order chi connectivity index (χ1) is 5.07. The van der Waals surface area contributed by atoms with E-state index in [9.17, 15) is 4.79 Å². The van der Waals surface area contributed by atoms with Crippen molar-refractivity contribution in [1.29, 1.82) is 0 Å². The van der Waals surface area contributed by atoms with Crippen LogP contribution >= 0.6 is 0 Å². The summed E-state index contributed by atoms with van der Waals surface area (Å²) in [5, 5.41) is 0. The number of esters is 1. The Labute approximate surface area is 66.2 Å². The van der Waals surface area contributed by atoms with Crippen molar-refractivity contribution in [3.8, 4) is 0 Å². The van der Waals surface area contributed by atoms with Crippen LogP contribution in [0.25, 0.3) is 0 Å². The van der Waals surface area contributed by atoms with Crippen LogP contribution in [0.3, 0.4) is 0 Å². The van der Waals surface area contributed by atoms with Gasteiger partial charge in [0, 0.05) is 12.0 Å². The van der Waals surface area contributed by atoms with E-state index >= 15 is 0 Å².